The molecule has 130 valence electrons. The second kappa shape index (κ2) is 6.37. The van der Waals surface area contributed by atoms with E-state index in [4.69, 9.17) is 21.1 Å². The first-order valence-corrected chi connectivity index (χ1v) is 8.37. The van der Waals surface area contributed by atoms with E-state index < -0.39 is 5.60 Å². The average molecular weight is 354 g/mol. The lowest BCUT2D eigenvalue weighted by molar-refractivity contribution is -0.0510. The van der Waals surface area contributed by atoms with Crippen molar-refractivity contribution in [2.75, 3.05) is 13.2 Å². The standard InChI is InChI=1S/C18H21ClFNO3/c1-18(2,3)24-17(22)21-13-6-11(7-14(21)10-23-9-13)15-5-4-12(20)8-16(15)19/h4-6,8,13-14H,7,9-10H2,1-3H3. The number of hydrogen-bond acceptors (Lipinski definition) is 3. The fraction of sp³-hybridized carbons (Fsp3) is 0.500. The Morgan fingerprint density at radius 2 is 2.12 bits per heavy atom. The van der Waals surface area contributed by atoms with Gasteiger partial charge in [0.1, 0.15) is 11.4 Å². The van der Waals surface area contributed by atoms with Crippen LogP contribution in [0.25, 0.3) is 5.57 Å². The van der Waals surface area contributed by atoms with Crippen LogP contribution in [0.2, 0.25) is 5.02 Å². The van der Waals surface area contributed by atoms with Crippen molar-refractivity contribution in [3.8, 4) is 0 Å². The largest absolute Gasteiger partial charge is 0.444 e. The van der Waals surface area contributed by atoms with Gasteiger partial charge in [0.2, 0.25) is 0 Å². The van der Waals surface area contributed by atoms with Crippen LogP contribution in [0.1, 0.15) is 32.8 Å². The summed E-state index contributed by atoms with van der Waals surface area (Å²) in [6.07, 6.45) is 2.24. The SMILES string of the molecule is CC(C)(C)OC(=O)N1C2C=C(c3ccc(F)cc3Cl)CC1COC2. The van der Waals surface area contributed by atoms with Gasteiger partial charge in [-0.25, -0.2) is 9.18 Å². The van der Waals surface area contributed by atoms with Gasteiger partial charge in [-0.3, -0.25) is 4.90 Å². The Hall–Kier alpha value is -1.59. The first-order valence-electron chi connectivity index (χ1n) is 8.00. The van der Waals surface area contributed by atoms with Crippen molar-refractivity contribution in [2.45, 2.75) is 44.9 Å². The van der Waals surface area contributed by atoms with Crippen molar-refractivity contribution >= 4 is 23.3 Å². The van der Waals surface area contributed by atoms with Crippen LogP contribution in [0, 0.1) is 5.82 Å². The molecule has 2 unspecified atom stereocenters. The number of carbonyl (C=O) groups excluding carboxylic acids is 1. The fourth-order valence-corrected chi connectivity index (χ4v) is 3.43. The number of amides is 1. The third-order valence-electron chi connectivity index (χ3n) is 4.08. The van der Waals surface area contributed by atoms with E-state index in [1.54, 1.807) is 11.0 Å². The Bertz CT molecular complexity index is 683. The van der Waals surface area contributed by atoms with Gasteiger partial charge < -0.3 is 9.47 Å². The van der Waals surface area contributed by atoms with Gasteiger partial charge in [0, 0.05) is 0 Å². The number of rotatable bonds is 1. The van der Waals surface area contributed by atoms with Gasteiger partial charge in [0.15, 0.2) is 0 Å². The van der Waals surface area contributed by atoms with Crippen molar-refractivity contribution < 1.29 is 18.7 Å². The third kappa shape index (κ3) is 3.57. The van der Waals surface area contributed by atoms with Crippen LogP contribution in [0.15, 0.2) is 24.3 Å². The van der Waals surface area contributed by atoms with Crippen LogP contribution >= 0.6 is 11.6 Å². The van der Waals surface area contributed by atoms with Gasteiger partial charge in [-0.05, 0) is 50.5 Å². The maximum absolute atomic E-state index is 13.3. The number of halogens is 2. The smallest absolute Gasteiger partial charge is 0.411 e. The molecule has 3 rings (SSSR count). The van der Waals surface area contributed by atoms with Gasteiger partial charge in [0.25, 0.3) is 0 Å². The molecular weight excluding hydrogens is 333 g/mol. The minimum absolute atomic E-state index is 0.111. The lowest BCUT2D eigenvalue weighted by Crippen LogP contribution is -2.57. The highest BCUT2D eigenvalue weighted by atomic mass is 35.5. The molecule has 0 aliphatic carbocycles. The van der Waals surface area contributed by atoms with Crippen LogP contribution in [0.4, 0.5) is 9.18 Å². The maximum atomic E-state index is 13.3. The van der Waals surface area contributed by atoms with E-state index in [0.717, 1.165) is 11.1 Å². The Morgan fingerprint density at radius 1 is 1.38 bits per heavy atom. The number of hydrogen-bond donors (Lipinski definition) is 0. The second-order valence-electron chi connectivity index (χ2n) is 7.17. The topological polar surface area (TPSA) is 38.8 Å². The number of fused-ring (bicyclic) bond motifs is 2. The predicted octanol–water partition coefficient (Wildman–Crippen LogP) is 4.27. The molecule has 4 nitrogen and oxygen atoms in total. The first kappa shape index (κ1) is 17.2. The second-order valence-corrected chi connectivity index (χ2v) is 7.57. The molecule has 1 saturated heterocycles. The van der Waals surface area contributed by atoms with E-state index in [1.807, 2.05) is 26.8 Å². The van der Waals surface area contributed by atoms with Crippen LogP contribution < -0.4 is 0 Å². The number of morpholine rings is 1. The van der Waals surface area contributed by atoms with Crippen LogP contribution in [0.3, 0.4) is 0 Å². The molecule has 1 aromatic rings. The van der Waals surface area contributed by atoms with Crippen LogP contribution in [0.5, 0.6) is 0 Å². The zero-order valence-electron chi connectivity index (χ0n) is 14.0. The molecule has 2 aliphatic heterocycles. The molecule has 0 radical (unpaired) electrons. The van der Waals surface area contributed by atoms with E-state index in [-0.39, 0.29) is 24.0 Å². The molecule has 0 N–H and O–H groups in total. The Morgan fingerprint density at radius 3 is 2.75 bits per heavy atom. The molecular formula is C18H21ClFNO3. The zero-order valence-corrected chi connectivity index (χ0v) is 14.8. The highest BCUT2D eigenvalue weighted by Crippen LogP contribution is 2.36. The average Bonchev–Trinajstić information content (AvgIpc) is 2.44. The molecule has 2 atom stereocenters. The van der Waals surface area contributed by atoms with Crippen molar-refractivity contribution in [3.05, 3.63) is 40.7 Å². The molecule has 0 spiro atoms. The molecule has 1 aromatic carbocycles. The molecule has 6 heteroatoms. The summed E-state index contributed by atoms with van der Waals surface area (Å²) in [5, 5.41) is 0.381. The Kier molecular flexibility index (Phi) is 4.58. The monoisotopic (exact) mass is 353 g/mol. The van der Waals surface area contributed by atoms with Gasteiger partial charge >= 0.3 is 6.09 Å². The third-order valence-corrected chi connectivity index (χ3v) is 4.39. The van der Waals surface area contributed by atoms with E-state index in [9.17, 15) is 9.18 Å². The maximum Gasteiger partial charge on any atom is 0.411 e. The molecule has 0 saturated carbocycles. The summed E-state index contributed by atoms with van der Waals surface area (Å²) in [6.45, 7) is 6.41. The Labute approximate surface area is 146 Å². The van der Waals surface area contributed by atoms with Crippen molar-refractivity contribution in [2.24, 2.45) is 0 Å². The summed E-state index contributed by atoms with van der Waals surface area (Å²) >= 11 is 6.19. The highest BCUT2D eigenvalue weighted by Gasteiger charge is 2.40. The van der Waals surface area contributed by atoms with Crippen molar-refractivity contribution in [1.29, 1.82) is 0 Å². The van der Waals surface area contributed by atoms with E-state index in [0.29, 0.717) is 24.7 Å². The number of benzene rings is 1. The van der Waals surface area contributed by atoms with Gasteiger partial charge in [-0.15, -0.1) is 0 Å². The molecule has 1 fully saturated rings. The summed E-state index contributed by atoms with van der Waals surface area (Å²) in [5.41, 5.74) is 1.27. The lowest BCUT2D eigenvalue weighted by atomic mass is 9.90. The fourth-order valence-electron chi connectivity index (χ4n) is 3.14. The van der Waals surface area contributed by atoms with Gasteiger partial charge in [0.05, 0.1) is 30.3 Å². The van der Waals surface area contributed by atoms with E-state index in [2.05, 4.69) is 0 Å². The number of ether oxygens (including phenoxy) is 2. The first-order chi connectivity index (χ1) is 11.2. The number of carbonyl (C=O) groups is 1. The quantitative estimate of drug-likeness (QED) is 0.756. The van der Waals surface area contributed by atoms with E-state index in [1.165, 1.54) is 12.1 Å². The summed E-state index contributed by atoms with van der Waals surface area (Å²) in [7, 11) is 0. The van der Waals surface area contributed by atoms with Crippen LogP contribution in [-0.2, 0) is 9.47 Å². The van der Waals surface area contributed by atoms with Crippen LogP contribution in [-0.4, -0.2) is 41.9 Å². The summed E-state index contributed by atoms with van der Waals surface area (Å²) in [4.78, 5) is 14.3. The minimum Gasteiger partial charge on any atom is -0.444 e. The zero-order chi connectivity index (χ0) is 17.5. The highest BCUT2D eigenvalue weighted by molar-refractivity contribution is 6.32. The summed E-state index contributed by atoms with van der Waals surface area (Å²) in [6, 6.07) is 4.07. The lowest BCUT2D eigenvalue weighted by Gasteiger charge is -2.44. The number of nitrogens with zero attached hydrogens (tertiary/aromatic N) is 1. The predicted molar refractivity (Wildman–Crippen MR) is 90.5 cm³/mol. The summed E-state index contributed by atoms with van der Waals surface area (Å²) in [5.74, 6) is -0.362. The van der Waals surface area contributed by atoms with Gasteiger partial charge in [-0.1, -0.05) is 23.7 Å². The van der Waals surface area contributed by atoms with Crippen molar-refractivity contribution in [3.63, 3.8) is 0 Å². The van der Waals surface area contributed by atoms with E-state index >= 15 is 0 Å². The molecule has 1 amide bonds. The minimum atomic E-state index is -0.545. The molecule has 2 heterocycles. The Balaban J connectivity index is 1.88. The molecule has 2 aliphatic rings. The van der Waals surface area contributed by atoms with Crippen molar-refractivity contribution in [1.82, 2.24) is 4.90 Å². The molecule has 0 aromatic heterocycles. The molecule has 24 heavy (non-hydrogen) atoms. The normalized spacial score (nSPS) is 23.7. The summed E-state index contributed by atoms with van der Waals surface area (Å²) < 4.78 is 24.4. The van der Waals surface area contributed by atoms with Gasteiger partial charge in [-0.2, -0.15) is 0 Å². The molecule has 2 bridgehead atoms.